The summed E-state index contributed by atoms with van der Waals surface area (Å²) in [6, 6.07) is 0. The van der Waals surface area contributed by atoms with Crippen LogP contribution in [0.2, 0.25) is 0 Å². The molecule has 0 bridgehead atoms. The summed E-state index contributed by atoms with van der Waals surface area (Å²) in [6.45, 7) is 19.2. The SMILES string of the molecule is C.C=CCC(C)C/C=C/CC(C1=C(C)CCC(C(C)CCCCC2CCCCC2)=C1)C1CCCC1.CC.CC. The number of allylic oxidation sites excluding steroid dienone is 7. The zero-order valence-corrected chi connectivity index (χ0v) is 27.1. The van der Waals surface area contributed by atoms with Crippen molar-refractivity contribution in [2.24, 2.45) is 29.6 Å². The lowest BCUT2D eigenvalue weighted by Gasteiger charge is -2.30. The third-order valence-electron chi connectivity index (χ3n) is 9.51. The van der Waals surface area contributed by atoms with Crippen molar-refractivity contribution in [3.63, 3.8) is 0 Å². The minimum atomic E-state index is 0. The first-order valence-electron chi connectivity index (χ1n) is 17.2. The van der Waals surface area contributed by atoms with Gasteiger partial charge in [0.2, 0.25) is 0 Å². The molecule has 2 fully saturated rings. The van der Waals surface area contributed by atoms with Crippen LogP contribution < -0.4 is 0 Å². The molecule has 3 aliphatic carbocycles. The van der Waals surface area contributed by atoms with E-state index in [0.717, 1.165) is 36.0 Å². The zero-order valence-electron chi connectivity index (χ0n) is 27.1. The largest absolute Gasteiger partial charge is 0.103 e. The van der Waals surface area contributed by atoms with Gasteiger partial charge in [-0.3, -0.25) is 0 Å². The first-order chi connectivity index (χ1) is 18.6. The average Bonchev–Trinajstić information content (AvgIpc) is 3.49. The van der Waals surface area contributed by atoms with Crippen molar-refractivity contribution in [3.8, 4) is 0 Å². The van der Waals surface area contributed by atoms with Gasteiger partial charge in [-0.2, -0.15) is 0 Å². The van der Waals surface area contributed by atoms with E-state index < -0.39 is 0 Å². The van der Waals surface area contributed by atoms with E-state index in [1.165, 1.54) is 109 Å². The van der Waals surface area contributed by atoms with E-state index in [1.54, 1.807) is 16.7 Å². The van der Waals surface area contributed by atoms with E-state index in [9.17, 15) is 0 Å². The molecule has 0 radical (unpaired) electrons. The quantitative estimate of drug-likeness (QED) is 0.152. The van der Waals surface area contributed by atoms with Gasteiger partial charge in [0, 0.05) is 0 Å². The van der Waals surface area contributed by atoms with Gasteiger partial charge in [-0.1, -0.05) is 149 Å². The molecule has 0 nitrogen and oxygen atoms in total. The van der Waals surface area contributed by atoms with Crippen molar-refractivity contribution in [2.75, 3.05) is 0 Å². The molecule has 2 saturated carbocycles. The molecule has 0 saturated heterocycles. The van der Waals surface area contributed by atoms with Gasteiger partial charge in [0.15, 0.2) is 0 Å². The second-order valence-corrected chi connectivity index (χ2v) is 12.4. The fraction of sp³-hybridized carbons (Fsp3) is 0.795. The fourth-order valence-electron chi connectivity index (χ4n) is 7.11. The molecule has 3 atom stereocenters. The maximum atomic E-state index is 3.91. The van der Waals surface area contributed by atoms with Gasteiger partial charge in [0.25, 0.3) is 0 Å². The smallest absolute Gasteiger partial charge is 0.00996 e. The summed E-state index contributed by atoms with van der Waals surface area (Å²) in [4.78, 5) is 0. The van der Waals surface area contributed by atoms with Crippen LogP contribution >= 0.6 is 0 Å². The summed E-state index contributed by atoms with van der Waals surface area (Å²) in [5.41, 5.74) is 5.20. The summed E-state index contributed by atoms with van der Waals surface area (Å²) in [5, 5.41) is 0. The average molecular weight is 541 g/mol. The molecular weight excluding hydrogens is 468 g/mol. The Morgan fingerprint density at radius 1 is 0.821 bits per heavy atom. The Balaban J connectivity index is 0.00000276. The highest BCUT2D eigenvalue weighted by atomic mass is 14.3. The highest BCUT2D eigenvalue weighted by Gasteiger charge is 2.29. The fourth-order valence-corrected chi connectivity index (χ4v) is 7.11. The number of unbranched alkanes of at least 4 members (excludes halogenated alkanes) is 1. The maximum Gasteiger partial charge on any atom is -0.00996 e. The number of rotatable bonds is 14. The van der Waals surface area contributed by atoms with Crippen LogP contribution in [-0.2, 0) is 0 Å². The molecule has 0 aromatic rings. The normalized spacial score (nSPS) is 20.6. The van der Waals surface area contributed by atoms with E-state index in [4.69, 9.17) is 0 Å². The standard InChI is InChI=1S/C34H56.2C2H6.CH4/c1-5-15-27(2)16-9-14-23-33(31-21-12-13-22-31)34-26-32(25-24-29(34)4)28(3)17-10-11-20-30-18-7-6-8-19-30;2*1-2;/h5,9,14,26-28,30-31,33H,1,6-8,10-13,15-25H2,2-4H3;2*1-2H3;1H4/b14-9+;;;. The van der Waals surface area contributed by atoms with Crippen LogP contribution in [0.4, 0.5) is 0 Å². The van der Waals surface area contributed by atoms with Gasteiger partial charge in [-0.15, -0.1) is 6.58 Å². The molecule has 3 rings (SSSR count). The van der Waals surface area contributed by atoms with Gasteiger partial charge >= 0.3 is 0 Å². The molecule has 0 heterocycles. The highest BCUT2D eigenvalue weighted by Crippen LogP contribution is 2.43. The van der Waals surface area contributed by atoms with Crippen molar-refractivity contribution in [2.45, 2.75) is 171 Å². The highest BCUT2D eigenvalue weighted by molar-refractivity contribution is 5.36. The van der Waals surface area contributed by atoms with Gasteiger partial charge in [0.05, 0.1) is 0 Å². The van der Waals surface area contributed by atoms with Gasteiger partial charge < -0.3 is 0 Å². The molecule has 3 unspecified atom stereocenters. The van der Waals surface area contributed by atoms with Gasteiger partial charge in [-0.05, 0) is 93.5 Å². The van der Waals surface area contributed by atoms with Crippen LogP contribution in [-0.4, -0.2) is 0 Å². The molecule has 0 amide bonds. The minimum Gasteiger partial charge on any atom is -0.103 e. The van der Waals surface area contributed by atoms with E-state index >= 15 is 0 Å². The molecule has 0 aromatic carbocycles. The molecule has 0 N–H and O–H groups in total. The second-order valence-electron chi connectivity index (χ2n) is 12.4. The molecule has 0 aliphatic heterocycles. The summed E-state index contributed by atoms with van der Waals surface area (Å²) < 4.78 is 0. The summed E-state index contributed by atoms with van der Waals surface area (Å²) in [7, 11) is 0. The van der Waals surface area contributed by atoms with Crippen LogP contribution in [0, 0.1) is 29.6 Å². The van der Waals surface area contributed by atoms with Crippen molar-refractivity contribution in [1.29, 1.82) is 0 Å². The molecule has 3 aliphatic rings. The predicted octanol–water partition coefficient (Wildman–Crippen LogP) is 13.8. The van der Waals surface area contributed by atoms with Crippen molar-refractivity contribution in [1.82, 2.24) is 0 Å². The number of hydrogen-bond donors (Lipinski definition) is 0. The molecule has 0 heteroatoms. The van der Waals surface area contributed by atoms with Crippen molar-refractivity contribution < 1.29 is 0 Å². The Morgan fingerprint density at radius 3 is 2.08 bits per heavy atom. The van der Waals surface area contributed by atoms with E-state index in [2.05, 4.69) is 51.7 Å². The summed E-state index contributed by atoms with van der Waals surface area (Å²) >= 11 is 0. The molecule has 0 spiro atoms. The van der Waals surface area contributed by atoms with Crippen LogP contribution in [0.15, 0.2) is 47.6 Å². The summed E-state index contributed by atoms with van der Waals surface area (Å²) in [5.74, 6) is 4.20. The Morgan fingerprint density at radius 2 is 1.44 bits per heavy atom. The van der Waals surface area contributed by atoms with Gasteiger partial charge in [0.1, 0.15) is 0 Å². The van der Waals surface area contributed by atoms with E-state index in [0.29, 0.717) is 0 Å². The first kappa shape index (κ1) is 38.0. The van der Waals surface area contributed by atoms with E-state index in [1.807, 2.05) is 27.7 Å². The third-order valence-corrected chi connectivity index (χ3v) is 9.51. The topological polar surface area (TPSA) is 0 Å². The van der Waals surface area contributed by atoms with Crippen LogP contribution in [0.1, 0.15) is 171 Å². The Hall–Kier alpha value is -1.04. The first-order valence-corrected chi connectivity index (χ1v) is 17.2. The summed E-state index contributed by atoms with van der Waals surface area (Å²) in [6.07, 6.45) is 35.0. The monoisotopic (exact) mass is 541 g/mol. The molecule has 0 aromatic heterocycles. The van der Waals surface area contributed by atoms with Crippen LogP contribution in [0.3, 0.4) is 0 Å². The Kier molecular flexibility index (Phi) is 23.0. The predicted molar refractivity (Wildman–Crippen MR) is 181 cm³/mol. The van der Waals surface area contributed by atoms with Crippen LogP contribution in [0.5, 0.6) is 0 Å². The lowest BCUT2D eigenvalue weighted by Crippen LogP contribution is -2.17. The molecule has 39 heavy (non-hydrogen) atoms. The lowest BCUT2D eigenvalue weighted by molar-refractivity contribution is 0.326. The van der Waals surface area contributed by atoms with Crippen molar-refractivity contribution in [3.05, 3.63) is 47.6 Å². The van der Waals surface area contributed by atoms with E-state index in [-0.39, 0.29) is 7.43 Å². The maximum absolute atomic E-state index is 3.91. The Bertz CT molecular complexity index is 677. The molecule has 228 valence electrons. The number of hydrogen-bond acceptors (Lipinski definition) is 0. The lowest BCUT2D eigenvalue weighted by atomic mass is 9.75. The molecular formula is C39H72. The zero-order chi connectivity index (χ0) is 28.2. The Labute approximate surface area is 248 Å². The van der Waals surface area contributed by atoms with Crippen LogP contribution in [0.25, 0.3) is 0 Å². The van der Waals surface area contributed by atoms with Crippen molar-refractivity contribution >= 4 is 0 Å². The van der Waals surface area contributed by atoms with Gasteiger partial charge in [-0.25, -0.2) is 0 Å². The third kappa shape index (κ3) is 14.4. The minimum absolute atomic E-state index is 0. The second kappa shape index (κ2) is 23.6.